The molecule has 3 unspecified atom stereocenters. The lowest BCUT2D eigenvalue weighted by atomic mass is 10.1. The summed E-state index contributed by atoms with van der Waals surface area (Å²) in [4.78, 5) is 22.5. The molecule has 0 saturated carbocycles. The second kappa shape index (κ2) is 41.7. The number of carbonyl (C=O) groups is 1. The molecule has 318 valence electrons. The van der Waals surface area contributed by atoms with E-state index in [2.05, 4.69) is 105 Å². The summed E-state index contributed by atoms with van der Waals surface area (Å²) in [5, 5.41) is 18.3. The van der Waals surface area contributed by atoms with E-state index in [9.17, 15) is 19.4 Å². The molecular weight excluding hydrogens is 727 g/mol. The van der Waals surface area contributed by atoms with Gasteiger partial charge in [0.1, 0.15) is 12.2 Å². The SMILES string of the molecule is CC/C=C\C/C=C\C/C=C\C/C=C\C/C=C\CC(=O)OC(COCCCCCCCCC/C=C\C/C=C\C/C=C\C/C=C\CC)COP(=O)(O)OCC(O)CO. The molecule has 0 bridgehead atoms. The molecule has 0 aromatic carbocycles. The minimum atomic E-state index is -4.55. The summed E-state index contributed by atoms with van der Waals surface area (Å²) in [6.07, 6.45) is 53.6. The van der Waals surface area contributed by atoms with Gasteiger partial charge in [-0.3, -0.25) is 13.8 Å². The fraction of sp³-hybridized carbons (Fsp3) is 0.587. The fourth-order valence-corrected chi connectivity index (χ4v) is 5.68. The van der Waals surface area contributed by atoms with E-state index in [0.717, 1.165) is 77.0 Å². The number of phosphoric acid groups is 1. The summed E-state index contributed by atoms with van der Waals surface area (Å²) in [7, 11) is -4.55. The van der Waals surface area contributed by atoms with Gasteiger partial charge < -0.3 is 24.6 Å². The summed E-state index contributed by atoms with van der Waals surface area (Å²) in [6, 6.07) is 0. The predicted octanol–water partition coefficient (Wildman–Crippen LogP) is 11.5. The number of aliphatic hydroxyl groups excluding tert-OH is 2. The maximum atomic E-state index is 12.5. The van der Waals surface area contributed by atoms with Crippen molar-refractivity contribution in [1.29, 1.82) is 0 Å². The van der Waals surface area contributed by atoms with Gasteiger partial charge in [0, 0.05) is 6.61 Å². The Balaban J connectivity index is 4.34. The third-order valence-electron chi connectivity index (χ3n) is 7.99. The summed E-state index contributed by atoms with van der Waals surface area (Å²) in [6.45, 7) is 3.09. The fourth-order valence-electron chi connectivity index (χ4n) is 4.89. The summed E-state index contributed by atoms with van der Waals surface area (Å²) in [5.74, 6) is -0.519. The van der Waals surface area contributed by atoms with Crippen molar-refractivity contribution in [2.75, 3.05) is 33.0 Å². The van der Waals surface area contributed by atoms with Crippen LogP contribution >= 0.6 is 7.82 Å². The highest BCUT2D eigenvalue weighted by Crippen LogP contribution is 2.43. The summed E-state index contributed by atoms with van der Waals surface area (Å²) in [5.41, 5.74) is 0. The molecule has 0 saturated heterocycles. The lowest BCUT2D eigenvalue weighted by Gasteiger charge is -2.20. The zero-order chi connectivity index (χ0) is 41.1. The highest BCUT2D eigenvalue weighted by Gasteiger charge is 2.26. The first-order valence-electron chi connectivity index (χ1n) is 20.9. The molecule has 3 N–H and O–H groups in total. The minimum Gasteiger partial charge on any atom is -0.457 e. The summed E-state index contributed by atoms with van der Waals surface area (Å²) >= 11 is 0. The van der Waals surface area contributed by atoms with Crippen molar-refractivity contribution < 1.29 is 43.0 Å². The van der Waals surface area contributed by atoms with Gasteiger partial charge in [-0.25, -0.2) is 4.57 Å². The highest BCUT2D eigenvalue weighted by atomic mass is 31.2. The molecule has 9 nitrogen and oxygen atoms in total. The van der Waals surface area contributed by atoms with Gasteiger partial charge >= 0.3 is 13.8 Å². The monoisotopic (exact) mass is 803 g/mol. The molecular formula is C46H75O9P. The Morgan fingerprint density at radius 1 is 0.554 bits per heavy atom. The molecule has 0 aliphatic heterocycles. The topological polar surface area (TPSA) is 132 Å². The van der Waals surface area contributed by atoms with Crippen LogP contribution in [0, 0.1) is 0 Å². The standard InChI is InChI=1S/C46H75O9P/c1-3-5-7-9-11-13-15-17-19-20-21-22-23-25-27-29-31-33-35-37-39-52-42-45(43-54-56(50,51)53-41-44(48)40-47)55-46(49)38-36-34-32-30-28-26-24-18-16-14-12-10-8-6-4-2/h5-8,11-14,17-19,21-22,24,28,30,34,36,44-45,47-48H,3-4,9-10,15-16,20,23,25-27,29,31-33,35,37-43H2,1-2H3,(H,50,51)/b7-5-,8-6-,13-11-,14-12-,19-17-,22-21-,24-18-,30-28-,36-34-. The molecule has 10 heteroatoms. The Labute approximate surface area is 340 Å². The van der Waals surface area contributed by atoms with Gasteiger partial charge in [-0.05, 0) is 77.0 Å². The molecule has 56 heavy (non-hydrogen) atoms. The van der Waals surface area contributed by atoms with Gasteiger partial charge in [0.05, 0.1) is 32.8 Å². The van der Waals surface area contributed by atoms with E-state index < -0.39 is 45.8 Å². The number of unbranched alkanes of at least 4 members (excludes halogenated alkanes) is 7. The number of esters is 1. The highest BCUT2D eigenvalue weighted by molar-refractivity contribution is 7.47. The molecule has 0 aliphatic carbocycles. The molecule has 0 heterocycles. The number of aliphatic hydroxyl groups is 2. The van der Waals surface area contributed by atoms with Gasteiger partial charge in [0.25, 0.3) is 0 Å². The number of rotatable bonds is 38. The molecule has 0 spiro atoms. The quantitative estimate of drug-likeness (QED) is 0.0241. The van der Waals surface area contributed by atoms with Crippen molar-refractivity contribution in [2.45, 2.75) is 142 Å². The van der Waals surface area contributed by atoms with Gasteiger partial charge in [-0.1, -0.05) is 155 Å². The Kier molecular flexibility index (Phi) is 39.6. The molecule has 0 fully saturated rings. The molecule has 0 rings (SSSR count). The van der Waals surface area contributed by atoms with Crippen molar-refractivity contribution in [3.05, 3.63) is 109 Å². The van der Waals surface area contributed by atoms with Crippen molar-refractivity contribution in [2.24, 2.45) is 0 Å². The third-order valence-corrected chi connectivity index (χ3v) is 8.94. The maximum Gasteiger partial charge on any atom is 0.472 e. The first-order valence-corrected chi connectivity index (χ1v) is 22.4. The Morgan fingerprint density at radius 2 is 0.964 bits per heavy atom. The second-order valence-electron chi connectivity index (χ2n) is 13.3. The number of allylic oxidation sites excluding steroid dienone is 17. The van der Waals surface area contributed by atoms with Crippen LogP contribution in [0.2, 0.25) is 0 Å². The van der Waals surface area contributed by atoms with Crippen LogP contribution in [0.1, 0.15) is 129 Å². The van der Waals surface area contributed by atoms with E-state index in [1.54, 1.807) is 6.08 Å². The zero-order valence-corrected chi connectivity index (χ0v) is 35.4. The Hall–Kier alpha value is -2.88. The van der Waals surface area contributed by atoms with Gasteiger partial charge in [-0.2, -0.15) is 0 Å². The van der Waals surface area contributed by atoms with E-state index in [1.807, 2.05) is 12.2 Å². The predicted molar refractivity (Wildman–Crippen MR) is 232 cm³/mol. The maximum absolute atomic E-state index is 12.5. The average Bonchev–Trinajstić information content (AvgIpc) is 3.19. The van der Waals surface area contributed by atoms with Crippen molar-refractivity contribution >= 4 is 13.8 Å². The van der Waals surface area contributed by atoms with E-state index >= 15 is 0 Å². The second-order valence-corrected chi connectivity index (χ2v) is 14.7. The van der Waals surface area contributed by atoms with Crippen LogP contribution in [-0.2, 0) is 27.9 Å². The van der Waals surface area contributed by atoms with E-state index in [1.165, 1.54) is 25.7 Å². The molecule has 0 aromatic heterocycles. The number of hydrogen-bond acceptors (Lipinski definition) is 8. The van der Waals surface area contributed by atoms with Crippen molar-refractivity contribution in [3.8, 4) is 0 Å². The summed E-state index contributed by atoms with van der Waals surface area (Å²) < 4.78 is 33.2. The van der Waals surface area contributed by atoms with Gasteiger partial charge in [0.15, 0.2) is 0 Å². The average molecular weight is 803 g/mol. The zero-order valence-electron chi connectivity index (χ0n) is 34.5. The smallest absolute Gasteiger partial charge is 0.457 e. The van der Waals surface area contributed by atoms with Crippen LogP contribution in [0.15, 0.2) is 109 Å². The van der Waals surface area contributed by atoms with Crippen LogP contribution in [0.25, 0.3) is 0 Å². The molecule has 0 amide bonds. The first kappa shape index (κ1) is 53.1. The van der Waals surface area contributed by atoms with Crippen LogP contribution in [0.4, 0.5) is 0 Å². The number of phosphoric ester groups is 1. The minimum absolute atomic E-state index is 0.00598. The largest absolute Gasteiger partial charge is 0.472 e. The normalized spacial score (nSPS) is 15.2. The van der Waals surface area contributed by atoms with Crippen LogP contribution < -0.4 is 0 Å². The number of ether oxygens (including phenoxy) is 2. The molecule has 0 aromatic rings. The van der Waals surface area contributed by atoms with Gasteiger partial charge in [0.2, 0.25) is 0 Å². The lowest BCUT2D eigenvalue weighted by molar-refractivity contribution is -0.153. The first-order chi connectivity index (χ1) is 27.3. The van der Waals surface area contributed by atoms with E-state index in [4.69, 9.17) is 23.6 Å². The Bertz CT molecular complexity index is 1230. The molecule has 0 radical (unpaired) electrons. The number of hydrogen-bond donors (Lipinski definition) is 3. The lowest BCUT2D eigenvalue weighted by Crippen LogP contribution is -2.28. The van der Waals surface area contributed by atoms with Gasteiger partial charge in [-0.15, -0.1) is 0 Å². The molecule has 3 atom stereocenters. The van der Waals surface area contributed by atoms with Crippen molar-refractivity contribution in [1.82, 2.24) is 0 Å². The van der Waals surface area contributed by atoms with Crippen LogP contribution in [0.5, 0.6) is 0 Å². The molecule has 0 aliphatic rings. The number of carbonyl (C=O) groups excluding carboxylic acids is 1. The van der Waals surface area contributed by atoms with Crippen LogP contribution in [0.3, 0.4) is 0 Å². The van der Waals surface area contributed by atoms with E-state index in [0.29, 0.717) is 13.0 Å². The third kappa shape index (κ3) is 40.8. The van der Waals surface area contributed by atoms with E-state index in [-0.39, 0.29) is 13.0 Å². The van der Waals surface area contributed by atoms with Crippen LogP contribution in [-0.4, -0.2) is 66.3 Å². The van der Waals surface area contributed by atoms with Crippen molar-refractivity contribution in [3.63, 3.8) is 0 Å². The Morgan fingerprint density at radius 3 is 1.45 bits per heavy atom.